The van der Waals surface area contributed by atoms with Crippen molar-refractivity contribution in [1.82, 2.24) is 14.7 Å². The Hall–Kier alpha value is -0.570. The molecule has 0 radical (unpaired) electrons. The van der Waals surface area contributed by atoms with E-state index in [9.17, 15) is 9.32 Å². The van der Waals surface area contributed by atoms with Gasteiger partial charge in [-0.2, -0.15) is 0 Å². The number of halogens is 2. The minimum absolute atomic E-state index is 0.198. The highest BCUT2D eigenvalue weighted by atomic mass is 35.5. The molecule has 3 unspecified atom stereocenters. The first-order chi connectivity index (χ1) is 11.1. The van der Waals surface area contributed by atoms with Crippen molar-refractivity contribution in [2.45, 2.75) is 44.6 Å². The van der Waals surface area contributed by atoms with Gasteiger partial charge in [-0.05, 0) is 39.3 Å². The van der Waals surface area contributed by atoms with Crippen molar-refractivity contribution in [2.24, 2.45) is 0 Å². The summed E-state index contributed by atoms with van der Waals surface area (Å²) in [6.07, 6.45) is 1.83. The number of nitrogens with one attached hydrogen (secondary N) is 1. The molecule has 0 aliphatic carbocycles. The lowest BCUT2D eigenvalue weighted by Crippen LogP contribution is -2.34. The van der Waals surface area contributed by atoms with Gasteiger partial charge >= 0.3 is 0 Å². The van der Waals surface area contributed by atoms with Gasteiger partial charge in [0.25, 0.3) is 0 Å². The van der Waals surface area contributed by atoms with Crippen LogP contribution in [0.3, 0.4) is 0 Å². The third-order valence-corrected chi connectivity index (χ3v) is 6.73. The number of aromatic nitrogens is 2. The second-order valence-electron chi connectivity index (χ2n) is 6.27. The van der Waals surface area contributed by atoms with E-state index in [-0.39, 0.29) is 15.9 Å². The third kappa shape index (κ3) is 4.53. The number of thiophene rings is 1. The monoisotopic (exact) mass is 407 g/mol. The Morgan fingerprint density at radius 2 is 2.00 bits per heavy atom. The standard InChI is InChI=1S/C15H19Cl2N3O2S2/c1-8(20-24(22)15(2,3)4)9-5-11(23-14(9)17)12(21)10-6-18-7-19-13(10)16/h5-8,12,20-21H,1-4H3. The molecule has 24 heavy (non-hydrogen) atoms. The van der Waals surface area contributed by atoms with Crippen LogP contribution in [0, 0.1) is 0 Å². The SMILES string of the molecule is CC(NS(=O)C(C)(C)C)c1cc(C(O)c2cncnc2Cl)sc1Cl. The molecule has 0 aliphatic heterocycles. The number of aliphatic hydroxyl groups is 1. The molecule has 2 heterocycles. The summed E-state index contributed by atoms with van der Waals surface area (Å²) in [4.78, 5) is 8.38. The molecule has 2 aromatic heterocycles. The van der Waals surface area contributed by atoms with Crippen LogP contribution in [0.2, 0.25) is 9.49 Å². The molecule has 2 aromatic rings. The molecule has 0 aromatic carbocycles. The van der Waals surface area contributed by atoms with E-state index in [0.29, 0.717) is 14.8 Å². The average molecular weight is 408 g/mol. The maximum absolute atomic E-state index is 12.2. The van der Waals surface area contributed by atoms with Crippen LogP contribution in [0.5, 0.6) is 0 Å². The predicted molar refractivity (Wildman–Crippen MR) is 99.9 cm³/mol. The zero-order valence-electron chi connectivity index (χ0n) is 13.7. The van der Waals surface area contributed by atoms with Gasteiger partial charge in [-0.3, -0.25) is 0 Å². The van der Waals surface area contributed by atoms with Crippen molar-refractivity contribution in [3.63, 3.8) is 0 Å². The Bertz CT molecular complexity index is 747. The van der Waals surface area contributed by atoms with Crippen LogP contribution >= 0.6 is 34.5 Å². The van der Waals surface area contributed by atoms with E-state index in [0.717, 1.165) is 5.56 Å². The highest BCUT2D eigenvalue weighted by Crippen LogP contribution is 2.38. The van der Waals surface area contributed by atoms with Crippen LogP contribution in [0.4, 0.5) is 0 Å². The molecule has 132 valence electrons. The smallest absolute Gasteiger partial charge is 0.138 e. The molecule has 2 rings (SSSR count). The minimum atomic E-state index is -1.22. The molecular weight excluding hydrogens is 389 g/mol. The van der Waals surface area contributed by atoms with Crippen molar-refractivity contribution in [3.05, 3.63) is 44.1 Å². The van der Waals surface area contributed by atoms with Crippen molar-refractivity contribution in [3.8, 4) is 0 Å². The van der Waals surface area contributed by atoms with Gasteiger partial charge in [-0.15, -0.1) is 11.3 Å². The second kappa shape index (κ2) is 7.76. The first-order valence-corrected chi connectivity index (χ1v) is 9.94. The number of hydrogen-bond donors (Lipinski definition) is 2. The molecule has 9 heteroatoms. The van der Waals surface area contributed by atoms with E-state index in [1.807, 2.05) is 27.7 Å². The van der Waals surface area contributed by atoms with Crippen LogP contribution in [0.1, 0.15) is 55.8 Å². The van der Waals surface area contributed by atoms with Gasteiger partial charge in [0, 0.05) is 22.7 Å². The summed E-state index contributed by atoms with van der Waals surface area (Å²) in [6, 6.07) is 1.57. The summed E-state index contributed by atoms with van der Waals surface area (Å²) in [5, 5.41) is 10.7. The average Bonchev–Trinajstić information content (AvgIpc) is 2.88. The first-order valence-electron chi connectivity index (χ1n) is 7.22. The predicted octanol–water partition coefficient (Wildman–Crippen LogP) is 4.04. The fourth-order valence-electron chi connectivity index (χ4n) is 1.89. The molecule has 2 N–H and O–H groups in total. The summed E-state index contributed by atoms with van der Waals surface area (Å²) in [5.41, 5.74) is 1.20. The highest BCUT2D eigenvalue weighted by molar-refractivity contribution is 7.84. The number of hydrogen-bond acceptors (Lipinski definition) is 5. The van der Waals surface area contributed by atoms with Crippen LogP contribution in [0.25, 0.3) is 0 Å². The molecule has 0 amide bonds. The van der Waals surface area contributed by atoms with Gasteiger partial charge in [0.05, 0.1) is 20.1 Å². The first kappa shape index (κ1) is 19.8. The number of nitrogens with zero attached hydrogens (tertiary/aromatic N) is 2. The molecule has 3 atom stereocenters. The largest absolute Gasteiger partial charge is 0.383 e. The van der Waals surface area contributed by atoms with E-state index >= 15 is 0 Å². The van der Waals surface area contributed by atoms with Gasteiger partial charge in [0.1, 0.15) is 17.6 Å². The van der Waals surface area contributed by atoms with E-state index in [1.54, 1.807) is 6.07 Å². The molecule has 0 spiro atoms. The summed E-state index contributed by atoms with van der Waals surface area (Å²) in [5.74, 6) is 0. The van der Waals surface area contributed by atoms with Crippen LogP contribution in [-0.4, -0.2) is 24.0 Å². The van der Waals surface area contributed by atoms with E-state index in [4.69, 9.17) is 23.2 Å². The maximum Gasteiger partial charge on any atom is 0.138 e. The fraction of sp³-hybridized carbons (Fsp3) is 0.467. The molecule has 0 fully saturated rings. The van der Waals surface area contributed by atoms with Gasteiger partial charge in [0.15, 0.2) is 0 Å². The Morgan fingerprint density at radius 3 is 2.58 bits per heavy atom. The molecule has 0 aliphatic rings. The Balaban J connectivity index is 2.24. The van der Waals surface area contributed by atoms with Crippen molar-refractivity contribution in [2.75, 3.05) is 0 Å². The summed E-state index contributed by atoms with van der Waals surface area (Å²) >= 11 is 13.6. The second-order valence-corrected chi connectivity index (χ2v) is 10.3. The van der Waals surface area contributed by atoms with Crippen molar-refractivity contribution in [1.29, 1.82) is 0 Å². The van der Waals surface area contributed by atoms with Crippen molar-refractivity contribution >= 4 is 45.5 Å². The molecule has 0 saturated heterocycles. The summed E-state index contributed by atoms with van der Waals surface area (Å²) in [7, 11) is -1.22. The van der Waals surface area contributed by atoms with E-state index in [1.165, 1.54) is 23.9 Å². The molecule has 0 saturated carbocycles. The van der Waals surface area contributed by atoms with Gasteiger partial charge < -0.3 is 5.11 Å². The van der Waals surface area contributed by atoms with Crippen LogP contribution in [-0.2, 0) is 11.0 Å². The van der Waals surface area contributed by atoms with E-state index < -0.39 is 17.1 Å². The lowest BCUT2D eigenvalue weighted by Gasteiger charge is -2.21. The highest BCUT2D eigenvalue weighted by Gasteiger charge is 2.25. The zero-order valence-corrected chi connectivity index (χ0v) is 16.9. The van der Waals surface area contributed by atoms with Crippen LogP contribution in [0.15, 0.2) is 18.6 Å². The normalized spacial score (nSPS) is 16.0. The maximum atomic E-state index is 12.2. The topological polar surface area (TPSA) is 75.1 Å². The quantitative estimate of drug-likeness (QED) is 0.733. The van der Waals surface area contributed by atoms with Crippen molar-refractivity contribution < 1.29 is 9.32 Å². The Morgan fingerprint density at radius 1 is 1.33 bits per heavy atom. The Kier molecular flexibility index (Phi) is 6.39. The zero-order chi connectivity index (χ0) is 18.1. The van der Waals surface area contributed by atoms with Crippen LogP contribution < -0.4 is 4.72 Å². The molecular formula is C15H19Cl2N3O2S2. The lowest BCUT2D eigenvalue weighted by molar-refractivity contribution is 0.223. The number of aliphatic hydroxyl groups excluding tert-OH is 1. The lowest BCUT2D eigenvalue weighted by atomic mass is 10.1. The van der Waals surface area contributed by atoms with Gasteiger partial charge in [-0.25, -0.2) is 18.9 Å². The summed E-state index contributed by atoms with van der Waals surface area (Å²) in [6.45, 7) is 7.56. The fourth-order valence-corrected chi connectivity index (χ4v) is 4.36. The minimum Gasteiger partial charge on any atom is -0.383 e. The molecule has 5 nitrogen and oxygen atoms in total. The Labute approximate surface area is 158 Å². The molecule has 0 bridgehead atoms. The van der Waals surface area contributed by atoms with Gasteiger partial charge in [0.2, 0.25) is 0 Å². The number of rotatable bonds is 5. The van der Waals surface area contributed by atoms with E-state index in [2.05, 4.69) is 14.7 Å². The third-order valence-electron chi connectivity index (χ3n) is 3.29. The summed E-state index contributed by atoms with van der Waals surface area (Å²) < 4.78 is 15.4. The van der Waals surface area contributed by atoms with Gasteiger partial charge in [-0.1, -0.05) is 23.2 Å².